The maximum absolute atomic E-state index is 5.65. The summed E-state index contributed by atoms with van der Waals surface area (Å²) in [6.45, 7) is 7.52. The highest BCUT2D eigenvalue weighted by molar-refractivity contribution is 7.99. The summed E-state index contributed by atoms with van der Waals surface area (Å²) >= 11 is 1.99. The van der Waals surface area contributed by atoms with Gasteiger partial charge in [0.1, 0.15) is 0 Å². The third-order valence-electron chi connectivity index (χ3n) is 4.66. The van der Waals surface area contributed by atoms with E-state index in [1.165, 1.54) is 5.56 Å². The number of nitrogens with zero attached hydrogens (tertiary/aromatic N) is 3. The monoisotopic (exact) mass is 356 g/mol. The van der Waals surface area contributed by atoms with E-state index >= 15 is 0 Å². The number of benzene rings is 1. The summed E-state index contributed by atoms with van der Waals surface area (Å²) in [5.74, 6) is 1.12. The summed E-state index contributed by atoms with van der Waals surface area (Å²) in [4.78, 5) is 9.63. The number of piperazine rings is 1. The van der Waals surface area contributed by atoms with Gasteiger partial charge in [-0.05, 0) is 17.7 Å². The number of hydrogen-bond donors (Lipinski definition) is 1. The average Bonchev–Trinajstić information content (AvgIpc) is 2.68. The van der Waals surface area contributed by atoms with Gasteiger partial charge in [-0.25, -0.2) is 0 Å². The van der Waals surface area contributed by atoms with Crippen LogP contribution in [0, 0.1) is 0 Å². The van der Waals surface area contributed by atoms with Gasteiger partial charge in [0.15, 0.2) is 0 Å². The first-order valence-electron chi connectivity index (χ1n) is 9.09. The van der Waals surface area contributed by atoms with Crippen molar-refractivity contribution in [2.45, 2.75) is 5.25 Å². The van der Waals surface area contributed by atoms with Gasteiger partial charge in [0.2, 0.25) is 0 Å². The van der Waals surface area contributed by atoms with Gasteiger partial charge in [-0.1, -0.05) is 36.4 Å². The zero-order chi connectivity index (χ0) is 17.3. The molecule has 1 saturated heterocycles. The second kappa shape index (κ2) is 9.92. The van der Waals surface area contributed by atoms with Crippen molar-refractivity contribution in [3.8, 4) is 0 Å². The molecule has 3 rings (SSSR count). The molecule has 25 heavy (non-hydrogen) atoms. The molecule has 1 fully saturated rings. The van der Waals surface area contributed by atoms with Crippen LogP contribution in [0.5, 0.6) is 0 Å². The Morgan fingerprint density at radius 1 is 0.920 bits per heavy atom. The Kier molecular flexibility index (Phi) is 7.30. The van der Waals surface area contributed by atoms with Crippen molar-refractivity contribution in [2.75, 3.05) is 51.6 Å². The molecule has 0 aliphatic carbocycles. The molecule has 1 unspecified atom stereocenters. The van der Waals surface area contributed by atoms with Crippen LogP contribution in [0.4, 0.5) is 0 Å². The van der Waals surface area contributed by atoms with Gasteiger partial charge < -0.3 is 5.73 Å². The summed E-state index contributed by atoms with van der Waals surface area (Å²) in [6.07, 6.45) is 1.89. The maximum atomic E-state index is 5.65. The van der Waals surface area contributed by atoms with Crippen LogP contribution in [0.25, 0.3) is 0 Å². The third-order valence-corrected chi connectivity index (χ3v) is 5.93. The number of pyridine rings is 1. The molecule has 0 radical (unpaired) electrons. The van der Waals surface area contributed by atoms with E-state index in [4.69, 9.17) is 5.73 Å². The molecule has 0 amide bonds. The minimum atomic E-state index is 0.306. The molecular formula is C20H28N4S. The Morgan fingerprint density at radius 2 is 1.60 bits per heavy atom. The fraction of sp³-hybridized carbons (Fsp3) is 0.450. The van der Waals surface area contributed by atoms with E-state index in [9.17, 15) is 0 Å². The molecule has 2 aromatic rings. The summed E-state index contributed by atoms with van der Waals surface area (Å²) in [5, 5.41) is 0.306. The lowest BCUT2D eigenvalue weighted by Crippen LogP contribution is -2.48. The van der Waals surface area contributed by atoms with Gasteiger partial charge in [0, 0.05) is 57.8 Å². The smallest absolute Gasteiger partial charge is 0.0719 e. The van der Waals surface area contributed by atoms with E-state index < -0.39 is 0 Å². The Morgan fingerprint density at radius 3 is 2.24 bits per heavy atom. The van der Waals surface area contributed by atoms with Gasteiger partial charge in [-0.15, -0.1) is 11.8 Å². The highest BCUT2D eigenvalue weighted by Gasteiger charge is 2.18. The summed E-state index contributed by atoms with van der Waals surface area (Å²) in [6, 6.07) is 16.9. The molecule has 0 bridgehead atoms. The van der Waals surface area contributed by atoms with E-state index in [1.807, 2.05) is 24.0 Å². The molecule has 0 saturated carbocycles. The van der Waals surface area contributed by atoms with Crippen molar-refractivity contribution < 1.29 is 0 Å². The fourth-order valence-corrected chi connectivity index (χ4v) is 4.49. The molecule has 0 spiro atoms. The second-order valence-electron chi connectivity index (χ2n) is 6.39. The predicted molar refractivity (Wildman–Crippen MR) is 107 cm³/mol. The summed E-state index contributed by atoms with van der Waals surface area (Å²) in [7, 11) is 0. The van der Waals surface area contributed by atoms with Crippen molar-refractivity contribution in [1.82, 2.24) is 14.8 Å². The predicted octanol–water partition coefficient (Wildman–Crippen LogP) is 2.48. The Balaban J connectivity index is 1.54. The molecule has 1 aliphatic heterocycles. The van der Waals surface area contributed by atoms with Crippen molar-refractivity contribution >= 4 is 11.8 Å². The van der Waals surface area contributed by atoms with Crippen LogP contribution >= 0.6 is 11.8 Å². The Bertz CT molecular complexity index is 560. The molecule has 2 N–H and O–H groups in total. The third kappa shape index (κ3) is 5.54. The normalized spacial score (nSPS) is 17.5. The second-order valence-corrected chi connectivity index (χ2v) is 7.60. The summed E-state index contributed by atoms with van der Waals surface area (Å²) in [5.41, 5.74) is 8.13. The minimum Gasteiger partial charge on any atom is -0.329 e. The number of hydrogen-bond acceptors (Lipinski definition) is 5. The van der Waals surface area contributed by atoms with Crippen molar-refractivity contribution in [2.24, 2.45) is 5.73 Å². The largest absolute Gasteiger partial charge is 0.329 e. The van der Waals surface area contributed by atoms with Gasteiger partial charge >= 0.3 is 0 Å². The lowest BCUT2D eigenvalue weighted by atomic mass is 10.1. The topological polar surface area (TPSA) is 45.4 Å². The number of rotatable bonds is 8. The molecule has 4 nitrogen and oxygen atoms in total. The maximum Gasteiger partial charge on any atom is 0.0719 e. The molecule has 134 valence electrons. The lowest BCUT2D eigenvalue weighted by molar-refractivity contribution is 0.141. The van der Waals surface area contributed by atoms with E-state index in [1.54, 1.807) is 0 Å². The van der Waals surface area contributed by atoms with Gasteiger partial charge in [0.25, 0.3) is 0 Å². The number of thioether (sulfide) groups is 1. The van der Waals surface area contributed by atoms with E-state index in [2.05, 4.69) is 57.2 Å². The Hall–Kier alpha value is -1.40. The first-order valence-corrected chi connectivity index (χ1v) is 10.1. The lowest BCUT2D eigenvalue weighted by Gasteiger charge is -2.34. The van der Waals surface area contributed by atoms with Crippen LogP contribution < -0.4 is 5.73 Å². The van der Waals surface area contributed by atoms with Crippen LogP contribution in [0.1, 0.15) is 16.5 Å². The van der Waals surface area contributed by atoms with Crippen molar-refractivity contribution in [1.29, 1.82) is 0 Å². The average molecular weight is 357 g/mol. The molecule has 1 aromatic carbocycles. The first kappa shape index (κ1) is 18.4. The molecule has 1 atom stereocenters. The molecule has 1 aliphatic rings. The highest BCUT2D eigenvalue weighted by Crippen LogP contribution is 2.34. The van der Waals surface area contributed by atoms with E-state index in [-0.39, 0.29) is 0 Å². The van der Waals surface area contributed by atoms with E-state index in [0.29, 0.717) is 5.25 Å². The first-order chi connectivity index (χ1) is 12.4. The fourth-order valence-electron chi connectivity index (χ4n) is 3.23. The van der Waals surface area contributed by atoms with Gasteiger partial charge in [-0.2, -0.15) is 0 Å². The van der Waals surface area contributed by atoms with Crippen LogP contribution in [-0.4, -0.2) is 66.3 Å². The molecule has 5 heteroatoms. The highest BCUT2D eigenvalue weighted by atomic mass is 32.2. The number of nitrogens with two attached hydrogens (primary N) is 1. The van der Waals surface area contributed by atoms with Crippen LogP contribution in [0.2, 0.25) is 0 Å². The van der Waals surface area contributed by atoms with Crippen LogP contribution in [0.15, 0.2) is 54.7 Å². The molecular weight excluding hydrogens is 328 g/mol. The number of aromatic nitrogens is 1. The van der Waals surface area contributed by atoms with E-state index in [0.717, 1.165) is 57.3 Å². The van der Waals surface area contributed by atoms with Crippen LogP contribution in [-0.2, 0) is 0 Å². The van der Waals surface area contributed by atoms with Crippen molar-refractivity contribution in [3.05, 3.63) is 66.0 Å². The zero-order valence-electron chi connectivity index (χ0n) is 14.8. The van der Waals surface area contributed by atoms with Gasteiger partial charge in [0.05, 0.1) is 10.9 Å². The zero-order valence-corrected chi connectivity index (χ0v) is 15.6. The molecule has 1 aromatic heterocycles. The Labute approximate surface area is 155 Å². The summed E-state index contributed by atoms with van der Waals surface area (Å²) < 4.78 is 0. The van der Waals surface area contributed by atoms with Crippen LogP contribution in [0.3, 0.4) is 0 Å². The van der Waals surface area contributed by atoms with Crippen molar-refractivity contribution in [3.63, 3.8) is 0 Å². The SMILES string of the molecule is NCCN1CCN(CCSC(c2ccccc2)c2ccccn2)CC1. The minimum absolute atomic E-state index is 0.306. The quantitative estimate of drug-likeness (QED) is 0.787. The molecule has 2 heterocycles. The van der Waals surface area contributed by atoms with Gasteiger partial charge in [-0.3, -0.25) is 14.8 Å². The standard InChI is InChI=1S/C20H28N4S/c21-9-11-23-12-14-24(15-13-23)16-17-25-20(18-6-2-1-3-7-18)19-8-4-5-10-22-19/h1-8,10,20H,9,11-17,21H2.